The summed E-state index contributed by atoms with van der Waals surface area (Å²) in [5.74, 6) is 1.01. The molecule has 1 nitrogen and oxygen atoms in total. The highest BCUT2D eigenvalue weighted by atomic mass is 79.9. The topological polar surface area (TPSA) is 9.23 Å². The molecule has 0 fully saturated rings. The third-order valence-corrected chi connectivity index (χ3v) is 5.07. The fraction of sp³-hybridized carbons (Fsp3) is 0.538. The highest BCUT2D eigenvalue weighted by Gasteiger charge is 2.25. The Balaban J connectivity index is 3.54. The van der Waals surface area contributed by atoms with Gasteiger partial charge in [0.15, 0.2) is 0 Å². The molecule has 0 atom stereocenters. The van der Waals surface area contributed by atoms with Crippen LogP contribution in [0, 0.1) is 0 Å². The number of hydrogen-bond acceptors (Lipinski definition) is 1. The Kier molecular flexibility index (Phi) is 4.24. The van der Waals surface area contributed by atoms with E-state index in [1.165, 1.54) is 10.8 Å². The van der Waals surface area contributed by atoms with Crippen molar-refractivity contribution >= 4 is 29.9 Å². The van der Waals surface area contributed by atoms with Crippen molar-refractivity contribution in [2.24, 2.45) is 0 Å². The molecule has 0 spiro atoms. The molecule has 0 aromatic heterocycles. The largest absolute Gasteiger partial charge is 0.495 e. The Labute approximate surface area is 109 Å². The number of benzene rings is 1. The van der Waals surface area contributed by atoms with E-state index in [4.69, 9.17) is 4.74 Å². The summed E-state index contributed by atoms with van der Waals surface area (Å²) < 4.78 is 6.62. The quantitative estimate of drug-likeness (QED) is 0.760. The van der Waals surface area contributed by atoms with Crippen LogP contribution >= 0.6 is 15.9 Å². The first-order valence-electron chi connectivity index (χ1n) is 5.66. The summed E-state index contributed by atoms with van der Waals surface area (Å²) in [6.45, 7) is 11.5. The van der Waals surface area contributed by atoms with Crippen LogP contribution in [0.2, 0.25) is 13.1 Å². The van der Waals surface area contributed by atoms with Crippen LogP contribution in [0.4, 0.5) is 0 Å². The van der Waals surface area contributed by atoms with E-state index >= 15 is 0 Å². The molecule has 0 amide bonds. The molecule has 0 saturated heterocycles. The molecule has 3 heteroatoms. The average Bonchev–Trinajstić information content (AvgIpc) is 2.15. The Morgan fingerprint density at radius 3 is 2.12 bits per heavy atom. The normalized spacial score (nSPS) is 12.0. The zero-order chi connectivity index (χ0) is 12.5. The van der Waals surface area contributed by atoms with Crippen LogP contribution in [0.25, 0.3) is 0 Å². The van der Waals surface area contributed by atoms with Crippen LogP contribution in [-0.2, 0) is 5.41 Å². The molecule has 0 aliphatic rings. The van der Waals surface area contributed by atoms with Gasteiger partial charge in [0.2, 0.25) is 0 Å². The molecule has 0 N–H and O–H groups in total. The second kappa shape index (κ2) is 4.92. The maximum absolute atomic E-state index is 5.57. The number of methoxy groups -OCH3 is 1. The third kappa shape index (κ3) is 2.69. The van der Waals surface area contributed by atoms with Crippen LogP contribution in [0.15, 0.2) is 16.6 Å². The van der Waals surface area contributed by atoms with Gasteiger partial charge in [-0.1, -0.05) is 45.1 Å². The predicted octanol–water partition coefficient (Wildman–Crippen LogP) is 3.45. The fourth-order valence-corrected chi connectivity index (χ4v) is 4.14. The first-order valence-corrected chi connectivity index (χ1v) is 9.34. The van der Waals surface area contributed by atoms with E-state index in [2.05, 4.69) is 61.9 Å². The Morgan fingerprint density at radius 1 is 1.19 bits per heavy atom. The lowest BCUT2D eigenvalue weighted by atomic mass is 9.86. The van der Waals surface area contributed by atoms with Crippen LogP contribution in [0.5, 0.6) is 5.75 Å². The molecular weight excluding hydrogens is 280 g/mol. The van der Waals surface area contributed by atoms with Crippen molar-refractivity contribution in [1.82, 2.24) is 0 Å². The van der Waals surface area contributed by atoms with Gasteiger partial charge >= 0.3 is 0 Å². The van der Waals surface area contributed by atoms with Gasteiger partial charge in [-0.3, -0.25) is 0 Å². The number of rotatable bonds is 2. The maximum atomic E-state index is 5.57. The van der Waals surface area contributed by atoms with Gasteiger partial charge in [0.1, 0.15) is 5.75 Å². The van der Waals surface area contributed by atoms with Crippen molar-refractivity contribution in [1.29, 1.82) is 0 Å². The van der Waals surface area contributed by atoms with E-state index in [1.807, 2.05) is 0 Å². The molecule has 1 aromatic rings. The summed E-state index contributed by atoms with van der Waals surface area (Å²) in [4.78, 5) is 0. The van der Waals surface area contributed by atoms with Crippen molar-refractivity contribution in [2.45, 2.75) is 39.3 Å². The second-order valence-electron chi connectivity index (χ2n) is 5.45. The molecule has 0 bridgehead atoms. The zero-order valence-electron chi connectivity index (χ0n) is 11.0. The van der Waals surface area contributed by atoms with Crippen LogP contribution in [0.3, 0.4) is 0 Å². The number of ether oxygens (including phenoxy) is 1. The summed E-state index contributed by atoms with van der Waals surface area (Å²) in [5.41, 5.74) is 1.49. The lowest BCUT2D eigenvalue weighted by Crippen LogP contribution is -2.33. The van der Waals surface area contributed by atoms with Crippen molar-refractivity contribution in [3.8, 4) is 5.75 Å². The van der Waals surface area contributed by atoms with Gasteiger partial charge in [-0.2, -0.15) is 0 Å². The van der Waals surface area contributed by atoms with Crippen LogP contribution in [-0.4, -0.2) is 15.9 Å². The highest BCUT2D eigenvalue weighted by molar-refractivity contribution is 9.10. The van der Waals surface area contributed by atoms with Gasteiger partial charge < -0.3 is 4.74 Å². The van der Waals surface area contributed by atoms with Gasteiger partial charge in [0, 0.05) is 0 Å². The van der Waals surface area contributed by atoms with Crippen LogP contribution in [0.1, 0.15) is 26.3 Å². The predicted molar refractivity (Wildman–Crippen MR) is 77.9 cm³/mol. The van der Waals surface area contributed by atoms with Gasteiger partial charge in [-0.25, -0.2) is 0 Å². The molecule has 0 radical (unpaired) electrons. The molecule has 0 saturated carbocycles. The standard InChI is InChI=1S/C13H21BrOSi/c1-13(2,3)11-10(16(5)6)8-7-9(14)12(11)15-4/h7-8,16H,1-6H3. The van der Waals surface area contributed by atoms with Crippen molar-refractivity contribution in [3.63, 3.8) is 0 Å². The third-order valence-electron chi connectivity index (χ3n) is 2.72. The maximum Gasteiger partial charge on any atom is 0.136 e. The van der Waals surface area contributed by atoms with Crippen LogP contribution < -0.4 is 9.92 Å². The lowest BCUT2D eigenvalue weighted by Gasteiger charge is -2.27. The molecule has 16 heavy (non-hydrogen) atoms. The molecule has 1 rings (SSSR count). The van der Waals surface area contributed by atoms with Crippen molar-refractivity contribution < 1.29 is 4.74 Å². The fourth-order valence-electron chi connectivity index (χ4n) is 2.03. The van der Waals surface area contributed by atoms with Crippen molar-refractivity contribution in [3.05, 3.63) is 22.2 Å². The van der Waals surface area contributed by atoms with E-state index in [0.717, 1.165) is 10.2 Å². The zero-order valence-corrected chi connectivity index (χ0v) is 13.8. The molecule has 90 valence electrons. The van der Waals surface area contributed by atoms with E-state index in [0.29, 0.717) is 0 Å². The molecule has 0 heterocycles. The molecular formula is C13H21BrOSi. The summed E-state index contributed by atoms with van der Waals surface area (Å²) in [7, 11) is 0.920. The minimum atomic E-state index is -0.831. The highest BCUT2D eigenvalue weighted by Crippen LogP contribution is 2.35. The average molecular weight is 301 g/mol. The summed E-state index contributed by atoms with van der Waals surface area (Å²) in [5, 5.41) is 1.51. The SMILES string of the molecule is COc1c(Br)ccc([SiH](C)C)c1C(C)(C)C. The van der Waals surface area contributed by atoms with Crippen molar-refractivity contribution in [2.75, 3.05) is 7.11 Å². The second-order valence-corrected chi connectivity index (χ2v) is 9.24. The molecule has 0 unspecified atom stereocenters. The molecule has 1 aromatic carbocycles. The van der Waals surface area contributed by atoms with Gasteiger partial charge in [0.05, 0.1) is 20.4 Å². The van der Waals surface area contributed by atoms with Gasteiger partial charge in [-0.05, 0) is 33.0 Å². The smallest absolute Gasteiger partial charge is 0.136 e. The minimum absolute atomic E-state index is 0.127. The molecule has 0 aliphatic carbocycles. The Bertz CT molecular complexity index is 380. The van der Waals surface area contributed by atoms with E-state index < -0.39 is 8.80 Å². The molecule has 0 aliphatic heterocycles. The van der Waals surface area contributed by atoms with E-state index in [9.17, 15) is 0 Å². The minimum Gasteiger partial charge on any atom is -0.495 e. The monoisotopic (exact) mass is 300 g/mol. The summed E-state index contributed by atoms with van der Waals surface area (Å²) in [6.07, 6.45) is 0. The van der Waals surface area contributed by atoms with E-state index in [1.54, 1.807) is 7.11 Å². The van der Waals surface area contributed by atoms with E-state index in [-0.39, 0.29) is 5.41 Å². The Morgan fingerprint density at radius 2 is 1.75 bits per heavy atom. The summed E-state index contributed by atoms with van der Waals surface area (Å²) >= 11 is 3.57. The first-order chi connectivity index (χ1) is 7.29. The lowest BCUT2D eigenvalue weighted by molar-refractivity contribution is 0.396. The number of hydrogen-bond donors (Lipinski definition) is 0. The van der Waals surface area contributed by atoms with Gasteiger partial charge in [-0.15, -0.1) is 0 Å². The number of halogens is 1. The first kappa shape index (κ1) is 13.8. The summed E-state index contributed by atoms with van der Waals surface area (Å²) in [6, 6.07) is 4.36. The van der Waals surface area contributed by atoms with Gasteiger partial charge in [0.25, 0.3) is 0 Å². The Hall–Kier alpha value is -0.283.